The Bertz CT molecular complexity index is 785. The minimum atomic E-state index is -1.65. The van der Waals surface area contributed by atoms with E-state index in [0.29, 0.717) is 0 Å². The largest absolute Gasteiger partial charge is 0.481 e. The van der Waals surface area contributed by atoms with Crippen LogP contribution < -0.4 is 27.4 Å². The van der Waals surface area contributed by atoms with Crippen LogP contribution in [0.3, 0.4) is 0 Å². The maximum absolute atomic E-state index is 12.7. The molecule has 0 aliphatic carbocycles. The van der Waals surface area contributed by atoms with Gasteiger partial charge in [-0.25, -0.2) is 4.79 Å². The van der Waals surface area contributed by atoms with Gasteiger partial charge < -0.3 is 42.7 Å². The van der Waals surface area contributed by atoms with Crippen LogP contribution in [0.1, 0.15) is 39.5 Å². The summed E-state index contributed by atoms with van der Waals surface area (Å²) in [4.78, 5) is 81.2. The van der Waals surface area contributed by atoms with Crippen LogP contribution in [0.15, 0.2) is 0 Å². The lowest BCUT2D eigenvalue weighted by molar-refractivity contribution is -0.144. The zero-order chi connectivity index (χ0) is 25.9. The number of rotatable bonds is 15. The molecule has 0 saturated heterocycles. The van der Waals surface area contributed by atoms with E-state index in [-0.39, 0.29) is 0 Å². The number of amides is 4. The van der Waals surface area contributed by atoms with Gasteiger partial charge in [-0.15, -0.1) is 0 Å². The fourth-order valence-electron chi connectivity index (χ4n) is 2.55. The smallest absolute Gasteiger partial charge is 0.326 e. The summed E-state index contributed by atoms with van der Waals surface area (Å²) >= 11 is 0. The average Bonchev–Trinajstić information content (AvgIpc) is 2.66. The monoisotopic (exact) mass is 475 g/mol. The third kappa shape index (κ3) is 11.4. The van der Waals surface area contributed by atoms with E-state index in [0.717, 1.165) is 0 Å². The van der Waals surface area contributed by atoms with Crippen LogP contribution in [0.4, 0.5) is 0 Å². The van der Waals surface area contributed by atoms with Crippen LogP contribution in [0.5, 0.6) is 0 Å². The molecule has 4 atom stereocenters. The molecule has 15 nitrogen and oxygen atoms in total. The van der Waals surface area contributed by atoms with Crippen molar-refractivity contribution >= 4 is 41.5 Å². The Kier molecular flexibility index (Phi) is 12.1. The van der Waals surface area contributed by atoms with Crippen molar-refractivity contribution < 1.29 is 48.9 Å². The van der Waals surface area contributed by atoms with Crippen molar-refractivity contribution in [1.82, 2.24) is 16.0 Å². The van der Waals surface area contributed by atoms with Crippen molar-refractivity contribution in [2.45, 2.75) is 63.7 Å². The van der Waals surface area contributed by atoms with Crippen LogP contribution in [-0.4, -0.2) is 81.0 Å². The van der Waals surface area contributed by atoms with Gasteiger partial charge in [0.2, 0.25) is 23.6 Å². The second-order valence-electron chi connectivity index (χ2n) is 7.50. The van der Waals surface area contributed by atoms with E-state index in [4.69, 9.17) is 26.8 Å². The molecule has 33 heavy (non-hydrogen) atoms. The molecule has 0 radical (unpaired) electrons. The first-order valence-electron chi connectivity index (χ1n) is 9.77. The Morgan fingerprint density at radius 2 is 1.30 bits per heavy atom. The van der Waals surface area contributed by atoms with Crippen LogP contribution in [0, 0.1) is 5.92 Å². The molecule has 0 aliphatic rings. The molecule has 0 fully saturated rings. The molecule has 4 unspecified atom stereocenters. The van der Waals surface area contributed by atoms with Crippen molar-refractivity contribution in [3.63, 3.8) is 0 Å². The molecule has 0 aromatic heterocycles. The van der Waals surface area contributed by atoms with Gasteiger partial charge in [-0.2, -0.15) is 0 Å². The first kappa shape index (κ1) is 29.2. The highest BCUT2D eigenvalue weighted by atomic mass is 16.4. The Morgan fingerprint density at radius 3 is 1.73 bits per heavy atom. The van der Waals surface area contributed by atoms with E-state index >= 15 is 0 Å². The molecule has 186 valence electrons. The third-order valence-corrected chi connectivity index (χ3v) is 4.28. The normalized spacial score (nSPS) is 14.3. The Labute approximate surface area is 188 Å². The highest BCUT2D eigenvalue weighted by Crippen LogP contribution is 2.07. The lowest BCUT2D eigenvalue weighted by Gasteiger charge is -2.26. The standard InChI is InChI=1S/C18H29N5O10/c1-7(2)14(17(31)22-10(18(32)33)6-11(20)24)23-16(30)9(3-4-12(25)26)21-15(29)8(19)5-13(27)28/h7-10,14H,3-6,19H2,1-2H3,(H2,20,24)(H,21,29)(H,22,31)(H,23,30)(H,25,26)(H,27,28)(H,32,33). The quantitative estimate of drug-likeness (QED) is 0.116. The molecule has 0 aromatic rings. The van der Waals surface area contributed by atoms with Crippen molar-refractivity contribution in [3.05, 3.63) is 0 Å². The number of aliphatic carboxylic acids is 3. The van der Waals surface area contributed by atoms with Crippen molar-refractivity contribution in [2.75, 3.05) is 0 Å². The second-order valence-corrected chi connectivity index (χ2v) is 7.50. The van der Waals surface area contributed by atoms with E-state index in [9.17, 15) is 33.6 Å². The van der Waals surface area contributed by atoms with Gasteiger partial charge in [0.05, 0.1) is 18.9 Å². The van der Waals surface area contributed by atoms with Crippen molar-refractivity contribution in [1.29, 1.82) is 0 Å². The average molecular weight is 475 g/mol. The molecule has 0 saturated carbocycles. The maximum atomic E-state index is 12.7. The van der Waals surface area contributed by atoms with Crippen LogP contribution in [0.25, 0.3) is 0 Å². The van der Waals surface area contributed by atoms with Gasteiger partial charge in [0.25, 0.3) is 0 Å². The van der Waals surface area contributed by atoms with E-state index in [1.807, 2.05) is 0 Å². The number of carboxylic acid groups (broad SMARTS) is 3. The molecule has 0 spiro atoms. The van der Waals surface area contributed by atoms with Crippen LogP contribution in [-0.2, 0) is 33.6 Å². The van der Waals surface area contributed by atoms with Crippen LogP contribution in [0.2, 0.25) is 0 Å². The van der Waals surface area contributed by atoms with E-state index < -0.39 is 97.3 Å². The zero-order valence-electron chi connectivity index (χ0n) is 18.1. The van der Waals surface area contributed by atoms with Gasteiger partial charge in [0.1, 0.15) is 18.1 Å². The molecular weight excluding hydrogens is 446 g/mol. The van der Waals surface area contributed by atoms with Gasteiger partial charge in [0.15, 0.2) is 0 Å². The van der Waals surface area contributed by atoms with Crippen molar-refractivity contribution in [3.8, 4) is 0 Å². The Hall–Kier alpha value is -3.75. The lowest BCUT2D eigenvalue weighted by Crippen LogP contribution is -2.58. The number of nitrogens with two attached hydrogens (primary N) is 2. The van der Waals surface area contributed by atoms with Gasteiger partial charge >= 0.3 is 17.9 Å². The predicted molar refractivity (Wildman–Crippen MR) is 109 cm³/mol. The molecule has 0 aromatic carbocycles. The maximum Gasteiger partial charge on any atom is 0.326 e. The summed E-state index contributed by atoms with van der Waals surface area (Å²) in [5.74, 6) is -8.74. The molecule has 0 rings (SSSR count). The molecule has 4 amide bonds. The highest BCUT2D eigenvalue weighted by molar-refractivity contribution is 5.95. The summed E-state index contributed by atoms with van der Waals surface area (Å²) in [6.45, 7) is 3.03. The van der Waals surface area contributed by atoms with E-state index in [1.165, 1.54) is 13.8 Å². The van der Waals surface area contributed by atoms with Gasteiger partial charge in [-0.05, 0) is 12.3 Å². The molecule has 0 aliphatic heterocycles. The Morgan fingerprint density at radius 1 is 0.758 bits per heavy atom. The highest BCUT2D eigenvalue weighted by Gasteiger charge is 2.32. The summed E-state index contributed by atoms with van der Waals surface area (Å²) in [7, 11) is 0. The predicted octanol–water partition coefficient (Wildman–Crippen LogP) is -3.28. The number of carboxylic acids is 3. The number of nitrogens with one attached hydrogen (secondary N) is 3. The van der Waals surface area contributed by atoms with Crippen LogP contribution >= 0.6 is 0 Å². The van der Waals surface area contributed by atoms with Gasteiger partial charge in [-0.1, -0.05) is 13.8 Å². The lowest BCUT2D eigenvalue weighted by atomic mass is 10.0. The zero-order valence-corrected chi connectivity index (χ0v) is 18.1. The SMILES string of the molecule is CC(C)C(NC(=O)C(CCC(=O)O)NC(=O)C(N)CC(=O)O)C(=O)NC(CC(N)=O)C(=O)O. The number of hydrogen-bond acceptors (Lipinski definition) is 8. The van der Waals surface area contributed by atoms with Gasteiger partial charge in [0, 0.05) is 6.42 Å². The minimum absolute atomic E-state index is 0.404. The summed E-state index contributed by atoms with van der Waals surface area (Å²) in [6, 6.07) is -5.98. The number of primary amides is 1. The fourth-order valence-corrected chi connectivity index (χ4v) is 2.55. The first-order chi connectivity index (χ1) is 15.1. The molecule has 0 heterocycles. The third-order valence-electron chi connectivity index (χ3n) is 4.28. The summed E-state index contributed by atoms with van der Waals surface area (Å²) in [6.07, 6.45) is -2.39. The number of hydrogen-bond donors (Lipinski definition) is 8. The topological polar surface area (TPSA) is 268 Å². The van der Waals surface area contributed by atoms with Gasteiger partial charge in [-0.3, -0.25) is 28.8 Å². The molecule has 15 heteroatoms. The first-order valence-corrected chi connectivity index (χ1v) is 9.77. The fraction of sp³-hybridized carbons (Fsp3) is 0.611. The number of carbonyl (C=O) groups is 7. The summed E-state index contributed by atoms with van der Waals surface area (Å²) in [5, 5.41) is 33.3. The molecule has 10 N–H and O–H groups in total. The number of carbonyl (C=O) groups excluding carboxylic acids is 4. The molecule has 0 bridgehead atoms. The van der Waals surface area contributed by atoms with E-state index in [1.54, 1.807) is 0 Å². The minimum Gasteiger partial charge on any atom is -0.481 e. The summed E-state index contributed by atoms with van der Waals surface area (Å²) < 4.78 is 0. The summed E-state index contributed by atoms with van der Waals surface area (Å²) in [5.41, 5.74) is 10.4. The molecular formula is C18H29N5O10. The van der Waals surface area contributed by atoms with Crippen molar-refractivity contribution in [2.24, 2.45) is 17.4 Å². The second kappa shape index (κ2) is 13.6. The van der Waals surface area contributed by atoms with E-state index in [2.05, 4.69) is 16.0 Å². The Balaban J connectivity index is 5.52.